The van der Waals surface area contributed by atoms with Crippen LogP contribution in [-0.2, 0) is 16.1 Å². The minimum Gasteiger partial charge on any atom is -0.375 e. The van der Waals surface area contributed by atoms with Crippen LogP contribution in [0.15, 0.2) is 30.3 Å². The lowest BCUT2D eigenvalue weighted by atomic mass is 10.1. The van der Waals surface area contributed by atoms with Crippen molar-refractivity contribution in [1.82, 2.24) is 10.2 Å². The van der Waals surface area contributed by atoms with Gasteiger partial charge in [-0.25, -0.2) is 4.79 Å². The predicted molar refractivity (Wildman–Crippen MR) is 95.7 cm³/mol. The van der Waals surface area contributed by atoms with Gasteiger partial charge < -0.3 is 19.7 Å². The lowest BCUT2D eigenvalue weighted by molar-refractivity contribution is -0.110. The smallest absolute Gasteiger partial charge is 0.318 e. The number of aldehydes is 1. The van der Waals surface area contributed by atoms with Gasteiger partial charge in [0.2, 0.25) is 0 Å². The first-order valence-electron chi connectivity index (χ1n) is 8.56. The molecule has 1 aromatic carbocycles. The van der Waals surface area contributed by atoms with Gasteiger partial charge in [-0.2, -0.15) is 0 Å². The molecule has 24 heavy (non-hydrogen) atoms. The van der Waals surface area contributed by atoms with E-state index in [0.29, 0.717) is 32.2 Å². The number of nitrogens with zero attached hydrogens (tertiary/aromatic N) is 1. The van der Waals surface area contributed by atoms with E-state index in [0.717, 1.165) is 11.8 Å². The zero-order valence-electron chi connectivity index (χ0n) is 15.2. The monoisotopic (exact) mass is 334 g/mol. The average Bonchev–Trinajstić information content (AvgIpc) is 2.55. The molecule has 0 aliphatic rings. The fourth-order valence-electron chi connectivity index (χ4n) is 2.25. The highest BCUT2D eigenvalue weighted by Gasteiger charge is 2.20. The molecule has 0 fully saturated rings. The number of nitrogens with one attached hydrogen (secondary N) is 1. The SMILES string of the molecule is CC(C)CN(CCOCc1ccccc1)C(=O)N[C@H](C=O)C(C)C. The summed E-state index contributed by atoms with van der Waals surface area (Å²) in [5.74, 6) is 0.417. The Labute approximate surface area is 145 Å². The van der Waals surface area contributed by atoms with Crippen molar-refractivity contribution in [2.75, 3.05) is 19.7 Å². The van der Waals surface area contributed by atoms with Gasteiger partial charge in [-0.15, -0.1) is 0 Å². The van der Waals surface area contributed by atoms with E-state index in [1.165, 1.54) is 0 Å². The minimum absolute atomic E-state index is 0.0710. The van der Waals surface area contributed by atoms with Gasteiger partial charge in [0.05, 0.1) is 19.3 Å². The Hall–Kier alpha value is -1.88. The molecule has 1 rings (SSSR count). The van der Waals surface area contributed by atoms with E-state index < -0.39 is 6.04 Å². The van der Waals surface area contributed by atoms with Gasteiger partial charge in [0.15, 0.2) is 0 Å². The normalized spacial score (nSPS) is 12.2. The molecule has 0 heterocycles. The number of hydrogen-bond acceptors (Lipinski definition) is 3. The molecule has 5 nitrogen and oxygen atoms in total. The van der Waals surface area contributed by atoms with Gasteiger partial charge in [-0.05, 0) is 17.4 Å². The van der Waals surface area contributed by atoms with Crippen LogP contribution >= 0.6 is 0 Å². The number of rotatable bonds is 10. The lowest BCUT2D eigenvalue weighted by Crippen LogP contribution is -2.49. The first-order valence-corrected chi connectivity index (χ1v) is 8.56. The van der Waals surface area contributed by atoms with Crippen LogP contribution in [0.1, 0.15) is 33.3 Å². The first kappa shape index (κ1) is 20.2. The maximum absolute atomic E-state index is 12.4. The van der Waals surface area contributed by atoms with Crippen molar-refractivity contribution in [3.63, 3.8) is 0 Å². The highest BCUT2D eigenvalue weighted by Crippen LogP contribution is 2.05. The molecule has 1 atom stereocenters. The van der Waals surface area contributed by atoms with Crippen LogP contribution in [0.4, 0.5) is 4.79 Å². The maximum atomic E-state index is 12.4. The second-order valence-electron chi connectivity index (χ2n) is 6.73. The Kier molecular flexibility index (Phi) is 9.08. The summed E-state index contributed by atoms with van der Waals surface area (Å²) in [6.45, 7) is 10.1. The molecule has 134 valence electrons. The van der Waals surface area contributed by atoms with Crippen molar-refractivity contribution in [2.24, 2.45) is 11.8 Å². The summed E-state index contributed by atoms with van der Waals surface area (Å²) in [5.41, 5.74) is 1.11. The minimum atomic E-state index is -0.461. The van der Waals surface area contributed by atoms with Crippen LogP contribution in [0.3, 0.4) is 0 Å². The quantitative estimate of drug-likeness (QED) is 0.528. The van der Waals surface area contributed by atoms with Crippen LogP contribution in [0.2, 0.25) is 0 Å². The number of hydrogen-bond donors (Lipinski definition) is 1. The van der Waals surface area contributed by atoms with Gasteiger partial charge >= 0.3 is 6.03 Å². The molecule has 0 aliphatic heterocycles. The van der Waals surface area contributed by atoms with Gasteiger partial charge in [0, 0.05) is 13.1 Å². The van der Waals surface area contributed by atoms with E-state index in [9.17, 15) is 9.59 Å². The molecule has 0 spiro atoms. The van der Waals surface area contributed by atoms with Crippen LogP contribution in [0.25, 0.3) is 0 Å². The largest absolute Gasteiger partial charge is 0.375 e. The van der Waals surface area contributed by atoms with Gasteiger partial charge in [-0.3, -0.25) is 0 Å². The van der Waals surface area contributed by atoms with E-state index >= 15 is 0 Å². The van der Waals surface area contributed by atoms with Crippen LogP contribution in [-0.4, -0.2) is 43.0 Å². The van der Waals surface area contributed by atoms with E-state index in [2.05, 4.69) is 19.2 Å². The highest BCUT2D eigenvalue weighted by atomic mass is 16.5. The van der Waals surface area contributed by atoms with Gasteiger partial charge in [0.25, 0.3) is 0 Å². The molecule has 0 aromatic heterocycles. The number of amides is 2. The lowest BCUT2D eigenvalue weighted by Gasteiger charge is -2.27. The average molecular weight is 334 g/mol. The second kappa shape index (κ2) is 10.8. The molecular weight excluding hydrogens is 304 g/mol. The van der Waals surface area contributed by atoms with Crippen LogP contribution < -0.4 is 5.32 Å². The summed E-state index contributed by atoms with van der Waals surface area (Å²) in [4.78, 5) is 25.2. The van der Waals surface area contributed by atoms with Gasteiger partial charge in [0.1, 0.15) is 6.29 Å². The zero-order valence-corrected chi connectivity index (χ0v) is 15.2. The molecule has 0 saturated heterocycles. The van der Waals surface area contributed by atoms with Crippen molar-refractivity contribution in [3.8, 4) is 0 Å². The van der Waals surface area contributed by atoms with E-state index in [1.807, 2.05) is 44.2 Å². The third kappa shape index (κ3) is 7.59. The fraction of sp³-hybridized carbons (Fsp3) is 0.579. The summed E-state index contributed by atoms with van der Waals surface area (Å²) >= 11 is 0. The number of ether oxygens (including phenoxy) is 1. The number of carbonyl (C=O) groups excluding carboxylic acids is 2. The number of urea groups is 1. The van der Waals surface area contributed by atoms with Gasteiger partial charge in [-0.1, -0.05) is 58.0 Å². The second-order valence-corrected chi connectivity index (χ2v) is 6.73. The maximum Gasteiger partial charge on any atom is 0.318 e. The molecule has 0 aliphatic carbocycles. The third-order valence-electron chi connectivity index (χ3n) is 3.64. The first-order chi connectivity index (χ1) is 11.4. The highest BCUT2D eigenvalue weighted by molar-refractivity contribution is 5.78. The standard InChI is InChI=1S/C19H30N2O3/c1-15(2)12-21(19(23)20-18(13-22)16(3)4)10-11-24-14-17-8-6-5-7-9-17/h5-9,13,15-16,18H,10-12,14H2,1-4H3,(H,20,23)/t18-/m1/s1. The Morgan fingerprint density at radius 3 is 2.42 bits per heavy atom. The molecule has 0 saturated carbocycles. The summed E-state index contributed by atoms with van der Waals surface area (Å²) in [7, 11) is 0. The summed E-state index contributed by atoms with van der Waals surface area (Å²) in [5, 5.41) is 2.79. The molecule has 1 N–H and O–H groups in total. The summed E-state index contributed by atoms with van der Waals surface area (Å²) in [6, 6.07) is 9.27. The van der Waals surface area contributed by atoms with Crippen molar-refractivity contribution >= 4 is 12.3 Å². The van der Waals surface area contributed by atoms with Crippen molar-refractivity contribution < 1.29 is 14.3 Å². The molecule has 0 bridgehead atoms. The molecule has 5 heteroatoms. The fourth-order valence-corrected chi connectivity index (χ4v) is 2.25. The van der Waals surface area contributed by atoms with E-state index in [1.54, 1.807) is 4.90 Å². The zero-order chi connectivity index (χ0) is 17.9. The Bertz CT molecular complexity index is 489. The molecule has 0 unspecified atom stereocenters. The predicted octanol–water partition coefficient (Wildman–Crippen LogP) is 3.09. The Morgan fingerprint density at radius 2 is 1.88 bits per heavy atom. The van der Waals surface area contributed by atoms with E-state index in [-0.39, 0.29) is 11.9 Å². The number of benzene rings is 1. The molecular formula is C19H30N2O3. The topological polar surface area (TPSA) is 58.6 Å². The molecule has 2 amide bonds. The van der Waals surface area contributed by atoms with Crippen molar-refractivity contribution in [1.29, 1.82) is 0 Å². The molecule has 1 aromatic rings. The van der Waals surface area contributed by atoms with Crippen LogP contribution in [0, 0.1) is 11.8 Å². The van der Waals surface area contributed by atoms with Crippen molar-refractivity contribution in [3.05, 3.63) is 35.9 Å². The number of carbonyl (C=O) groups is 2. The van der Waals surface area contributed by atoms with E-state index in [4.69, 9.17) is 4.74 Å². The summed E-state index contributed by atoms with van der Waals surface area (Å²) in [6.07, 6.45) is 0.794. The van der Waals surface area contributed by atoms with Crippen molar-refractivity contribution in [2.45, 2.75) is 40.3 Å². The van der Waals surface area contributed by atoms with Crippen LogP contribution in [0.5, 0.6) is 0 Å². The third-order valence-corrected chi connectivity index (χ3v) is 3.64. The summed E-state index contributed by atoms with van der Waals surface area (Å²) < 4.78 is 5.67. The Morgan fingerprint density at radius 1 is 1.21 bits per heavy atom. The molecule has 0 radical (unpaired) electrons. The Balaban J connectivity index is 2.48.